The second kappa shape index (κ2) is 6.04. The number of rotatable bonds is 5. The van der Waals surface area contributed by atoms with E-state index in [4.69, 9.17) is 5.11 Å². The zero-order chi connectivity index (χ0) is 13.8. The van der Waals surface area contributed by atoms with Gasteiger partial charge in [-0.15, -0.1) is 0 Å². The van der Waals surface area contributed by atoms with Crippen molar-refractivity contribution in [2.75, 3.05) is 18.0 Å². The van der Waals surface area contributed by atoms with Gasteiger partial charge in [-0.1, -0.05) is 12.1 Å². The molecule has 0 aromatic heterocycles. The van der Waals surface area contributed by atoms with Gasteiger partial charge in [0, 0.05) is 18.8 Å². The standard InChI is InChI=1S/C14H19NO4/c16-12(9-13(17)18)14(19)10-4-3-5-11(8-10)15-6-1-2-7-15/h3-5,8,12,14,16,19H,1-2,6-7,9H2,(H,17,18). The molecule has 0 radical (unpaired) electrons. The fraction of sp³-hybridized carbons (Fsp3) is 0.500. The van der Waals surface area contributed by atoms with Crippen molar-refractivity contribution >= 4 is 11.7 Å². The summed E-state index contributed by atoms with van der Waals surface area (Å²) in [5.74, 6) is -1.12. The second-order valence-corrected chi connectivity index (χ2v) is 4.90. The minimum atomic E-state index is -1.29. The molecule has 0 saturated carbocycles. The molecular weight excluding hydrogens is 246 g/mol. The molecule has 0 aliphatic carbocycles. The molecule has 1 aliphatic heterocycles. The minimum absolute atomic E-state index is 0.463. The van der Waals surface area contributed by atoms with E-state index in [1.54, 1.807) is 6.07 Å². The topological polar surface area (TPSA) is 81.0 Å². The first kappa shape index (κ1) is 13.8. The molecule has 1 aliphatic rings. The van der Waals surface area contributed by atoms with Gasteiger partial charge in [-0.3, -0.25) is 4.79 Å². The highest BCUT2D eigenvalue weighted by atomic mass is 16.4. The summed E-state index contributed by atoms with van der Waals surface area (Å²) in [5.41, 5.74) is 1.56. The van der Waals surface area contributed by atoms with Gasteiger partial charge in [-0.2, -0.15) is 0 Å². The molecule has 1 heterocycles. The molecule has 1 saturated heterocycles. The first-order chi connectivity index (χ1) is 9.08. The molecule has 1 fully saturated rings. The van der Waals surface area contributed by atoms with Gasteiger partial charge in [0.05, 0.1) is 12.5 Å². The number of carboxylic acids is 1. The molecule has 5 nitrogen and oxygen atoms in total. The van der Waals surface area contributed by atoms with Crippen molar-refractivity contribution in [3.8, 4) is 0 Å². The summed E-state index contributed by atoms with van der Waals surface area (Å²) in [7, 11) is 0. The number of benzene rings is 1. The van der Waals surface area contributed by atoms with Crippen LogP contribution in [0.2, 0.25) is 0 Å². The lowest BCUT2D eigenvalue weighted by atomic mass is 10.0. The first-order valence-corrected chi connectivity index (χ1v) is 6.51. The Labute approximate surface area is 112 Å². The molecule has 104 valence electrons. The third-order valence-corrected chi connectivity index (χ3v) is 3.43. The summed E-state index contributed by atoms with van der Waals surface area (Å²) in [6.07, 6.45) is -0.595. The van der Waals surface area contributed by atoms with Crippen LogP contribution in [0.5, 0.6) is 0 Å². The number of anilines is 1. The van der Waals surface area contributed by atoms with Crippen molar-refractivity contribution in [1.82, 2.24) is 0 Å². The number of nitrogens with zero attached hydrogens (tertiary/aromatic N) is 1. The molecule has 19 heavy (non-hydrogen) atoms. The van der Waals surface area contributed by atoms with E-state index in [0.717, 1.165) is 31.6 Å². The molecule has 1 aromatic rings. The number of carboxylic acid groups (broad SMARTS) is 1. The van der Waals surface area contributed by atoms with Crippen molar-refractivity contribution in [2.45, 2.75) is 31.5 Å². The lowest BCUT2D eigenvalue weighted by Crippen LogP contribution is -2.22. The molecule has 0 bridgehead atoms. The molecule has 2 atom stereocenters. The third kappa shape index (κ3) is 3.45. The lowest BCUT2D eigenvalue weighted by Gasteiger charge is -2.21. The Bertz CT molecular complexity index is 443. The summed E-state index contributed by atoms with van der Waals surface area (Å²) >= 11 is 0. The number of hydrogen-bond acceptors (Lipinski definition) is 4. The molecule has 5 heteroatoms. The third-order valence-electron chi connectivity index (χ3n) is 3.43. The molecular formula is C14H19NO4. The lowest BCUT2D eigenvalue weighted by molar-refractivity contribution is -0.141. The summed E-state index contributed by atoms with van der Waals surface area (Å²) in [6, 6.07) is 7.31. The van der Waals surface area contributed by atoms with Crippen molar-refractivity contribution in [2.24, 2.45) is 0 Å². The van der Waals surface area contributed by atoms with Crippen molar-refractivity contribution < 1.29 is 20.1 Å². The normalized spacial score (nSPS) is 18.3. The van der Waals surface area contributed by atoms with E-state index in [-0.39, 0.29) is 0 Å². The minimum Gasteiger partial charge on any atom is -0.481 e. The van der Waals surface area contributed by atoms with Gasteiger partial charge in [0.2, 0.25) is 0 Å². The SMILES string of the molecule is O=C(O)CC(O)C(O)c1cccc(N2CCCC2)c1. The van der Waals surface area contributed by atoms with Crippen LogP contribution in [-0.4, -0.2) is 40.5 Å². The Balaban J connectivity index is 2.11. The molecule has 2 rings (SSSR count). The zero-order valence-electron chi connectivity index (χ0n) is 10.7. The molecule has 2 unspecified atom stereocenters. The van der Waals surface area contributed by atoms with Crippen molar-refractivity contribution in [3.63, 3.8) is 0 Å². The van der Waals surface area contributed by atoms with Crippen molar-refractivity contribution in [1.29, 1.82) is 0 Å². The van der Waals surface area contributed by atoms with Crippen LogP contribution in [0.1, 0.15) is 30.9 Å². The van der Waals surface area contributed by atoms with Crippen molar-refractivity contribution in [3.05, 3.63) is 29.8 Å². The smallest absolute Gasteiger partial charge is 0.306 e. The van der Waals surface area contributed by atoms with Gasteiger partial charge < -0.3 is 20.2 Å². The van der Waals surface area contributed by atoms with Gasteiger partial charge in [0.1, 0.15) is 6.10 Å². The highest BCUT2D eigenvalue weighted by molar-refractivity contribution is 5.67. The predicted molar refractivity (Wildman–Crippen MR) is 71.1 cm³/mol. The average Bonchev–Trinajstić information content (AvgIpc) is 2.91. The molecule has 0 spiro atoms. The molecule has 1 aromatic carbocycles. The number of hydrogen-bond donors (Lipinski definition) is 3. The Morgan fingerprint density at radius 3 is 2.58 bits per heavy atom. The summed E-state index contributed by atoms with van der Waals surface area (Å²) in [5, 5.41) is 28.3. The van der Waals surface area contributed by atoms with E-state index in [0.29, 0.717) is 5.56 Å². The van der Waals surface area contributed by atoms with E-state index < -0.39 is 24.6 Å². The summed E-state index contributed by atoms with van der Waals surface area (Å²) < 4.78 is 0. The Hall–Kier alpha value is -1.59. The van der Waals surface area contributed by atoms with E-state index in [1.165, 1.54) is 0 Å². The van der Waals surface area contributed by atoms with E-state index in [1.807, 2.05) is 18.2 Å². The second-order valence-electron chi connectivity index (χ2n) is 4.90. The summed E-state index contributed by atoms with van der Waals surface area (Å²) in [6.45, 7) is 1.99. The van der Waals surface area contributed by atoms with Crippen LogP contribution < -0.4 is 4.90 Å². The maximum absolute atomic E-state index is 10.5. The van der Waals surface area contributed by atoms with Crippen LogP contribution in [0.15, 0.2) is 24.3 Å². The predicted octanol–water partition coefficient (Wildman–Crippen LogP) is 1.16. The summed E-state index contributed by atoms with van der Waals surface area (Å²) in [4.78, 5) is 12.8. The van der Waals surface area contributed by atoms with Crippen LogP contribution in [-0.2, 0) is 4.79 Å². The van der Waals surface area contributed by atoms with Gasteiger partial charge in [-0.05, 0) is 30.5 Å². The number of aliphatic hydroxyl groups is 2. The highest BCUT2D eigenvalue weighted by Crippen LogP contribution is 2.26. The van der Waals surface area contributed by atoms with E-state index in [2.05, 4.69) is 4.90 Å². The van der Waals surface area contributed by atoms with E-state index >= 15 is 0 Å². The zero-order valence-corrected chi connectivity index (χ0v) is 10.7. The quantitative estimate of drug-likeness (QED) is 0.744. The van der Waals surface area contributed by atoms with Crippen LogP contribution in [0.25, 0.3) is 0 Å². The fourth-order valence-corrected chi connectivity index (χ4v) is 2.39. The Morgan fingerprint density at radius 1 is 1.26 bits per heavy atom. The highest BCUT2D eigenvalue weighted by Gasteiger charge is 2.22. The van der Waals surface area contributed by atoms with Gasteiger partial charge in [0.15, 0.2) is 0 Å². The van der Waals surface area contributed by atoms with Gasteiger partial charge in [0.25, 0.3) is 0 Å². The number of carbonyl (C=O) groups is 1. The van der Waals surface area contributed by atoms with Crippen LogP contribution in [0, 0.1) is 0 Å². The first-order valence-electron chi connectivity index (χ1n) is 6.51. The maximum Gasteiger partial charge on any atom is 0.306 e. The van der Waals surface area contributed by atoms with Gasteiger partial charge >= 0.3 is 5.97 Å². The molecule has 3 N–H and O–H groups in total. The van der Waals surface area contributed by atoms with Gasteiger partial charge in [-0.25, -0.2) is 0 Å². The van der Waals surface area contributed by atoms with E-state index in [9.17, 15) is 15.0 Å². The number of aliphatic carboxylic acids is 1. The van der Waals surface area contributed by atoms with Crippen LogP contribution in [0.3, 0.4) is 0 Å². The Morgan fingerprint density at radius 2 is 1.95 bits per heavy atom. The average molecular weight is 265 g/mol. The largest absolute Gasteiger partial charge is 0.481 e. The van der Waals surface area contributed by atoms with Crippen LogP contribution >= 0.6 is 0 Å². The number of aliphatic hydroxyl groups excluding tert-OH is 2. The molecule has 0 amide bonds. The monoisotopic (exact) mass is 265 g/mol. The van der Waals surface area contributed by atoms with Crippen LogP contribution in [0.4, 0.5) is 5.69 Å². The maximum atomic E-state index is 10.5. The Kier molecular flexibility index (Phi) is 4.39. The fourth-order valence-electron chi connectivity index (χ4n) is 2.39.